The Kier molecular flexibility index (Phi) is 5.02. The molecular weight excluding hydrogens is 262 g/mol. The van der Waals surface area contributed by atoms with Gasteiger partial charge in [-0.3, -0.25) is 9.48 Å². The Morgan fingerprint density at radius 2 is 2.00 bits per heavy atom. The minimum absolute atomic E-state index is 0.0193. The topological polar surface area (TPSA) is 46.9 Å². The standard InChI is InChI=1S/C14H24ClN3O/c1-9-12(10(2)18(6)17-9)13(19)16-11(7-8-15)14(3,4)5/h11H,7-8H2,1-6H3,(H,16,19). The second kappa shape index (κ2) is 5.95. The van der Waals surface area contributed by atoms with E-state index < -0.39 is 0 Å². The number of nitrogens with one attached hydrogen (secondary N) is 1. The van der Waals surface area contributed by atoms with Crippen molar-refractivity contribution in [2.75, 3.05) is 5.88 Å². The maximum atomic E-state index is 12.4. The maximum absolute atomic E-state index is 12.4. The molecule has 0 fully saturated rings. The molecule has 0 saturated heterocycles. The summed E-state index contributed by atoms with van der Waals surface area (Å²) >= 11 is 5.83. The number of aryl methyl sites for hydroxylation is 2. The zero-order valence-electron chi connectivity index (χ0n) is 12.7. The average Bonchev–Trinajstić information content (AvgIpc) is 2.51. The van der Waals surface area contributed by atoms with Gasteiger partial charge in [-0.1, -0.05) is 20.8 Å². The third-order valence-electron chi connectivity index (χ3n) is 3.48. The van der Waals surface area contributed by atoms with Crippen LogP contribution >= 0.6 is 11.6 Å². The Morgan fingerprint density at radius 1 is 1.42 bits per heavy atom. The van der Waals surface area contributed by atoms with Crippen LogP contribution in [0.15, 0.2) is 0 Å². The van der Waals surface area contributed by atoms with Crippen molar-refractivity contribution in [1.82, 2.24) is 15.1 Å². The molecule has 0 aliphatic heterocycles. The molecule has 1 rings (SSSR count). The summed E-state index contributed by atoms with van der Waals surface area (Å²) in [6, 6.07) is 0.0523. The monoisotopic (exact) mass is 285 g/mol. The summed E-state index contributed by atoms with van der Waals surface area (Å²) in [6.45, 7) is 10.1. The smallest absolute Gasteiger partial charge is 0.255 e. The van der Waals surface area contributed by atoms with E-state index in [0.717, 1.165) is 17.8 Å². The van der Waals surface area contributed by atoms with Crippen LogP contribution in [0.5, 0.6) is 0 Å². The van der Waals surface area contributed by atoms with Crippen molar-refractivity contribution in [2.45, 2.75) is 47.1 Å². The van der Waals surface area contributed by atoms with E-state index in [-0.39, 0.29) is 17.4 Å². The van der Waals surface area contributed by atoms with Crippen LogP contribution in [0.1, 0.15) is 48.9 Å². The highest BCUT2D eigenvalue weighted by molar-refractivity contribution is 6.17. The summed E-state index contributed by atoms with van der Waals surface area (Å²) in [5.74, 6) is 0.473. The van der Waals surface area contributed by atoms with Gasteiger partial charge in [-0.25, -0.2) is 0 Å². The van der Waals surface area contributed by atoms with Crippen LogP contribution in [-0.4, -0.2) is 27.6 Å². The Balaban J connectivity index is 2.94. The zero-order valence-corrected chi connectivity index (χ0v) is 13.4. The summed E-state index contributed by atoms with van der Waals surface area (Å²) < 4.78 is 1.73. The highest BCUT2D eigenvalue weighted by atomic mass is 35.5. The molecule has 0 aromatic carbocycles. The molecule has 0 spiro atoms. The average molecular weight is 286 g/mol. The molecule has 0 bridgehead atoms. The number of rotatable bonds is 4. The minimum atomic E-state index is -0.0619. The van der Waals surface area contributed by atoms with Gasteiger partial charge in [-0.2, -0.15) is 5.10 Å². The fraction of sp³-hybridized carbons (Fsp3) is 0.714. The van der Waals surface area contributed by atoms with Crippen LogP contribution in [0.4, 0.5) is 0 Å². The van der Waals surface area contributed by atoms with Gasteiger partial charge in [0, 0.05) is 24.7 Å². The highest BCUT2D eigenvalue weighted by Gasteiger charge is 2.27. The van der Waals surface area contributed by atoms with Gasteiger partial charge in [-0.15, -0.1) is 11.6 Å². The number of carbonyl (C=O) groups excluding carboxylic acids is 1. The molecule has 0 radical (unpaired) electrons. The fourth-order valence-corrected chi connectivity index (χ4v) is 2.38. The number of carbonyl (C=O) groups is 1. The summed E-state index contributed by atoms with van der Waals surface area (Å²) in [7, 11) is 1.85. The van der Waals surface area contributed by atoms with Gasteiger partial charge < -0.3 is 5.32 Å². The first kappa shape index (κ1) is 16.0. The van der Waals surface area contributed by atoms with Gasteiger partial charge in [0.2, 0.25) is 0 Å². The Bertz CT molecular complexity index is 460. The van der Waals surface area contributed by atoms with Crippen molar-refractivity contribution >= 4 is 17.5 Å². The molecule has 1 aromatic heterocycles. The quantitative estimate of drug-likeness (QED) is 0.865. The second-order valence-electron chi connectivity index (χ2n) is 6.04. The zero-order chi connectivity index (χ0) is 14.8. The van der Waals surface area contributed by atoms with Gasteiger partial charge in [0.15, 0.2) is 0 Å². The fourth-order valence-electron chi connectivity index (χ4n) is 2.16. The lowest BCUT2D eigenvalue weighted by atomic mass is 9.85. The van der Waals surface area contributed by atoms with E-state index in [4.69, 9.17) is 11.6 Å². The Hall–Kier alpha value is -1.03. The number of halogens is 1. The molecular formula is C14H24ClN3O. The van der Waals surface area contributed by atoms with Gasteiger partial charge in [0.05, 0.1) is 11.3 Å². The van der Waals surface area contributed by atoms with E-state index in [9.17, 15) is 4.79 Å². The summed E-state index contributed by atoms with van der Waals surface area (Å²) in [6.07, 6.45) is 0.759. The summed E-state index contributed by atoms with van der Waals surface area (Å²) in [5.41, 5.74) is 2.30. The lowest BCUT2D eigenvalue weighted by molar-refractivity contribution is 0.0899. The predicted molar refractivity (Wildman–Crippen MR) is 78.7 cm³/mol. The van der Waals surface area contributed by atoms with E-state index in [0.29, 0.717) is 11.4 Å². The molecule has 19 heavy (non-hydrogen) atoms. The molecule has 1 heterocycles. The lowest BCUT2D eigenvalue weighted by Gasteiger charge is -2.31. The van der Waals surface area contributed by atoms with Crippen molar-refractivity contribution in [3.8, 4) is 0 Å². The first-order chi connectivity index (χ1) is 8.68. The van der Waals surface area contributed by atoms with Crippen molar-refractivity contribution in [1.29, 1.82) is 0 Å². The first-order valence-electron chi connectivity index (χ1n) is 6.55. The van der Waals surface area contributed by atoms with Crippen LogP contribution in [-0.2, 0) is 7.05 Å². The number of aromatic nitrogens is 2. The first-order valence-corrected chi connectivity index (χ1v) is 7.09. The van der Waals surface area contributed by atoms with Crippen LogP contribution in [0.25, 0.3) is 0 Å². The van der Waals surface area contributed by atoms with Gasteiger partial charge in [0.25, 0.3) is 5.91 Å². The molecule has 0 saturated carbocycles. The molecule has 1 atom stereocenters. The normalized spacial score (nSPS) is 13.4. The lowest BCUT2D eigenvalue weighted by Crippen LogP contribution is -2.44. The predicted octanol–water partition coefficient (Wildman–Crippen LogP) is 2.81. The number of amides is 1. The summed E-state index contributed by atoms with van der Waals surface area (Å²) in [5, 5.41) is 7.37. The molecule has 0 aliphatic carbocycles. The van der Waals surface area contributed by atoms with Gasteiger partial charge >= 0.3 is 0 Å². The second-order valence-corrected chi connectivity index (χ2v) is 6.42. The van der Waals surface area contributed by atoms with Crippen LogP contribution in [0.3, 0.4) is 0 Å². The highest BCUT2D eigenvalue weighted by Crippen LogP contribution is 2.23. The summed E-state index contributed by atoms with van der Waals surface area (Å²) in [4.78, 5) is 12.4. The van der Waals surface area contributed by atoms with Crippen molar-refractivity contribution in [3.05, 3.63) is 17.0 Å². The van der Waals surface area contributed by atoms with E-state index in [1.165, 1.54) is 0 Å². The third-order valence-corrected chi connectivity index (χ3v) is 3.70. The molecule has 108 valence electrons. The molecule has 0 aliphatic rings. The van der Waals surface area contributed by atoms with E-state index in [2.05, 4.69) is 31.2 Å². The third kappa shape index (κ3) is 3.72. The van der Waals surface area contributed by atoms with Gasteiger partial charge in [-0.05, 0) is 25.7 Å². The van der Waals surface area contributed by atoms with Crippen LogP contribution in [0, 0.1) is 19.3 Å². The van der Waals surface area contributed by atoms with Crippen LogP contribution < -0.4 is 5.32 Å². The number of hydrogen-bond acceptors (Lipinski definition) is 2. The van der Waals surface area contributed by atoms with E-state index in [1.54, 1.807) is 4.68 Å². The SMILES string of the molecule is Cc1nn(C)c(C)c1C(=O)NC(CCCl)C(C)(C)C. The van der Waals surface area contributed by atoms with Crippen molar-refractivity contribution in [3.63, 3.8) is 0 Å². The molecule has 1 amide bonds. The molecule has 5 heteroatoms. The molecule has 4 nitrogen and oxygen atoms in total. The van der Waals surface area contributed by atoms with Crippen molar-refractivity contribution in [2.24, 2.45) is 12.5 Å². The Morgan fingerprint density at radius 3 is 2.37 bits per heavy atom. The minimum Gasteiger partial charge on any atom is -0.349 e. The van der Waals surface area contributed by atoms with E-state index in [1.807, 2.05) is 20.9 Å². The maximum Gasteiger partial charge on any atom is 0.255 e. The van der Waals surface area contributed by atoms with Gasteiger partial charge in [0.1, 0.15) is 0 Å². The number of alkyl halides is 1. The molecule has 1 N–H and O–H groups in total. The largest absolute Gasteiger partial charge is 0.349 e. The van der Waals surface area contributed by atoms with E-state index >= 15 is 0 Å². The molecule has 1 aromatic rings. The van der Waals surface area contributed by atoms with Crippen LogP contribution in [0.2, 0.25) is 0 Å². The molecule has 1 unspecified atom stereocenters. The number of hydrogen-bond donors (Lipinski definition) is 1. The Labute approximate surface area is 120 Å². The number of nitrogens with zero attached hydrogens (tertiary/aromatic N) is 2. The van der Waals surface area contributed by atoms with Crippen molar-refractivity contribution < 1.29 is 4.79 Å².